The lowest BCUT2D eigenvalue weighted by Crippen LogP contribution is -2.25. The van der Waals surface area contributed by atoms with Gasteiger partial charge >= 0.3 is 0 Å². The number of benzene rings is 1. The minimum Gasteiger partial charge on any atom is -0.493 e. The van der Waals surface area contributed by atoms with Crippen molar-refractivity contribution in [1.29, 1.82) is 0 Å². The minimum absolute atomic E-state index is 0.166. The Morgan fingerprint density at radius 1 is 1.28 bits per heavy atom. The van der Waals surface area contributed by atoms with Crippen molar-refractivity contribution in [3.63, 3.8) is 0 Å². The molecule has 2 amide bonds. The van der Waals surface area contributed by atoms with Crippen molar-refractivity contribution in [2.45, 2.75) is 20.0 Å². The quantitative estimate of drug-likeness (QED) is 0.697. The molecule has 3 N–H and O–H groups in total. The number of carbonyl (C=O) groups is 2. The number of aryl methyl sites for hydroxylation is 1. The van der Waals surface area contributed by atoms with E-state index in [1.54, 1.807) is 24.3 Å². The highest BCUT2D eigenvalue weighted by molar-refractivity contribution is 9.10. The number of halogens is 1. The first-order valence-corrected chi connectivity index (χ1v) is 8.45. The van der Waals surface area contributed by atoms with Crippen LogP contribution in [0.1, 0.15) is 23.0 Å². The van der Waals surface area contributed by atoms with Gasteiger partial charge in [0.25, 0.3) is 11.8 Å². The predicted octanol–water partition coefficient (Wildman–Crippen LogP) is 2.07. The molecule has 0 saturated heterocycles. The van der Waals surface area contributed by atoms with E-state index in [-0.39, 0.29) is 12.5 Å². The van der Waals surface area contributed by atoms with Gasteiger partial charge in [0.15, 0.2) is 18.1 Å². The zero-order chi connectivity index (χ0) is 18.4. The van der Waals surface area contributed by atoms with Crippen molar-refractivity contribution in [3.05, 3.63) is 46.2 Å². The van der Waals surface area contributed by atoms with E-state index in [9.17, 15) is 9.59 Å². The van der Waals surface area contributed by atoms with Gasteiger partial charge in [0.1, 0.15) is 5.69 Å². The molecule has 7 nitrogen and oxygen atoms in total. The molecule has 0 aliphatic heterocycles. The number of nitrogens with two attached hydrogens (primary N) is 1. The number of methoxy groups -OCH3 is 1. The van der Waals surface area contributed by atoms with Gasteiger partial charge in [-0.15, -0.1) is 0 Å². The van der Waals surface area contributed by atoms with Crippen LogP contribution in [0.2, 0.25) is 0 Å². The number of rotatable bonds is 8. The van der Waals surface area contributed by atoms with Gasteiger partial charge in [0.05, 0.1) is 7.11 Å². The monoisotopic (exact) mass is 409 g/mol. The molecule has 1 aromatic heterocycles. The molecule has 8 heteroatoms. The van der Waals surface area contributed by atoms with Gasteiger partial charge in [-0.2, -0.15) is 0 Å². The van der Waals surface area contributed by atoms with Gasteiger partial charge in [0.2, 0.25) is 0 Å². The van der Waals surface area contributed by atoms with Gasteiger partial charge in [-0.25, -0.2) is 0 Å². The molecule has 134 valence electrons. The summed E-state index contributed by atoms with van der Waals surface area (Å²) in [5.74, 6) is 0.150. The zero-order valence-corrected chi connectivity index (χ0v) is 15.6. The summed E-state index contributed by atoms with van der Waals surface area (Å²) in [6, 6.07) is 6.98. The van der Waals surface area contributed by atoms with Crippen LogP contribution < -0.4 is 20.5 Å². The SMILES string of the molecule is CCn1cc(Br)cc1C(=O)NCc1ccc(OCC(N)=O)c(OC)c1. The molecule has 0 bridgehead atoms. The van der Waals surface area contributed by atoms with Gasteiger partial charge in [-0.3, -0.25) is 9.59 Å². The molecular formula is C17H20BrN3O4. The van der Waals surface area contributed by atoms with E-state index >= 15 is 0 Å². The molecule has 2 rings (SSSR count). The van der Waals surface area contributed by atoms with Crippen molar-refractivity contribution in [2.24, 2.45) is 5.73 Å². The van der Waals surface area contributed by atoms with E-state index in [0.717, 1.165) is 10.0 Å². The maximum absolute atomic E-state index is 12.3. The number of hydrogen-bond acceptors (Lipinski definition) is 4. The van der Waals surface area contributed by atoms with Crippen LogP contribution in [0.4, 0.5) is 0 Å². The summed E-state index contributed by atoms with van der Waals surface area (Å²) in [6.07, 6.45) is 1.86. The highest BCUT2D eigenvalue weighted by Gasteiger charge is 2.13. The van der Waals surface area contributed by atoms with E-state index in [0.29, 0.717) is 30.3 Å². The van der Waals surface area contributed by atoms with Gasteiger partial charge in [-0.1, -0.05) is 6.07 Å². The van der Waals surface area contributed by atoms with Crippen LogP contribution in [0.15, 0.2) is 34.9 Å². The van der Waals surface area contributed by atoms with Crippen LogP contribution in [0.3, 0.4) is 0 Å². The Kier molecular flexibility index (Phi) is 6.46. The number of nitrogens with one attached hydrogen (secondary N) is 1. The standard InChI is InChI=1S/C17H20BrN3O4/c1-3-21-9-12(18)7-13(21)17(23)20-8-11-4-5-14(15(6-11)24-2)25-10-16(19)22/h4-7,9H,3,8,10H2,1-2H3,(H2,19,22)(H,20,23). The molecule has 0 radical (unpaired) electrons. The third-order valence-corrected chi connectivity index (χ3v) is 3.92. The Labute approximate surface area is 154 Å². The third-order valence-electron chi connectivity index (χ3n) is 3.49. The fraction of sp³-hybridized carbons (Fsp3) is 0.294. The summed E-state index contributed by atoms with van der Waals surface area (Å²) in [5, 5.41) is 2.87. The molecule has 0 fully saturated rings. The van der Waals surface area contributed by atoms with E-state index in [1.165, 1.54) is 7.11 Å². The van der Waals surface area contributed by atoms with Crippen LogP contribution in [0.5, 0.6) is 11.5 Å². The summed E-state index contributed by atoms with van der Waals surface area (Å²) < 4.78 is 13.2. The smallest absolute Gasteiger partial charge is 0.268 e. The van der Waals surface area contributed by atoms with Crippen molar-refractivity contribution >= 4 is 27.7 Å². The average Bonchev–Trinajstić information content (AvgIpc) is 2.99. The first-order chi connectivity index (χ1) is 11.9. The second-order valence-electron chi connectivity index (χ2n) is 5.25. The van der Waals surface area contributed by atoms with E-state index in [1.807, 2.05) is 17.7 Å². The fourth-order valence-electron chi connectivity index (χ4n) is 2.29. The highest BCUT2D eigenvalue weighted by Crippen LogP contribution is 2.28. The molecular weight excluding hydrogens is 390 g/mol. The maximum atomic E-state index is 12.3. The maximum Gasteiger partial charge on any atom is 0.268 e. The van der Waals surface area contributed by atoms with Crippen LogP contribution in [-0.4, -0.2) is 30.1 Å². The van der Waals surface area contributed by atoms with Crippen molar-refractivity contribution in [1.82, 2.24) is 9.88 Å². The lowest BCUT2D eigenvalue weighted by Gasteiger charge is -2.12. The molecule has 1 heterocycles. The molecule has 2 aromatic rings. The second-order valence-corrected chi connectivity index (χ2v) is 6.17. The molecule has 1 aromatic carbocycles. The van der Waals surface area contributed by atoms with Crippen molar-refractivity contribution in [3.8, 4) is 11.5 Å². The Morgan fingerprint density at radius 2 is 2.04 bits per heavy atom. The number of ether oxygens (including phenoxy) is 2. The number of aromatic nitrogens is 1. The predicted molar refractivity (Wildman–Crippen MR) is 96.7 cm³/mol. The van der Waals surface area contributed by atoms with E-state index in [4.69, 9.17) is 15.2 Å². The highest BCUT2D eigenvalue weighted by atomic mass is 79.9. The Hall–Kier alpha value is -2.48. The van der Waals surface area contributed by atoms with Crippen molar-refractivity contribution < 1.29 is 19.1 Å². The largest absolute Gasteiger partial charge is 0.493 e. The molecule has 0 unspecified atom stereocenters. The topological polar surface area (TPSA) is 95.6 Å². The van der Waals surface area contributed by atoms with Crippen LogP contribution >= 0.6 is 15.9 Å². The summed E-state index contributed by atoms with van der Waals surface area (Å²) in [4.78, 5) is 23.2. The van der Waals surface area contributed by atoms with E-state index in [2.05, 4.69) is 21.2 Å². The third kappa shape index (κ3) is 4.99. The van der Waals surface area contributed by atoms with Gasteiger partial charge in [-0.05, 0) is 46.6 Å². The molecule has 0 saturated carbocycles. The normalized spacial score (nSPS) is 10.4. The average molecular weight is 410 g/mol. The summed E-state index contributed by atoms with van der Waals surface area (Å²) in [5.41, 5.74) is 6.49. The molecule has 0 spiro atoms. The number of carbonyl (C=O) groups excluding carboxylic acids is 2. The van der Waals surface area contributed by atoms with E-state index < -0.39 is 5.91 Å². The van der Waals surface area contributed by atoms with Crippen LogP contribution in [0, 0.1) is 0 Å². The second kappa shape index (κ2) is 8.57. The molecule has 0 aliphatic rings. The fourth-order valence-corrected chi connectivity index (χ4v) is 2.75. The number of hydrogen-bond donors (Lipinski definition) is 2. The van der Waals surface area contributed by atoms with Gasteiger partial charge in [0, 0.05) is 23.8 Å². The minimum atomic E-state index is -0.566. The number of primary amides is 1. The lowest BCUT2D eigenvalue weighted by molar-refractivity contribution is -0.119. The first kappa shape index (κ1) is 18.9. The number of amides is 2. The summed E-state index contributed by atoms with van der Waals surface area (Å²) in [7, 11) is 1.50. The Bertz CT molecular complexity index is 773. The summed E-state index contributed by atoms with van der Waals surface area (Å²) in [6.45, 7) is 2.78. The molecule has 25 heavy (non-hydrogen) atoms. The Morgan fingerprint density at radius 3 is 2.68 bits per heavy atom. The first-order valence-electron chi connectivity index (χ1n) is 7.66. The molecule has 0 atom stereocenters. The molecule has 0 aliphatic carbocycles. The van der Waals surface area contributed by atoms with Crippen molar-refractivity contribution in [2.75, 3.05) is 13.7 Å². The zero-order valence-electron chi connectivity index (χ0n) is 14.0. The van der Waals surface area contributed by atoms with Gasteiger partial charge < -0.3 is 25.1 Å². The Balaban J connectivity index is 2.05. The van der Waals surface area contributed by atoms with Crippen LogP contribution in [0.25, 0.3) is 0 Å². The summed E-state index contributed by atoms with van der Waals surface area (Å²) >= 11 is 3.38. The lowest BCUT2D eigenvalue weighted by atomic mass is 10.2. The van der Waals surface area contributed by atoms with Crippen LogP contribution in [-0.2, 0) is 17.9 Å². The number of nitrogens with zero attached hydrogens (tertiary/aromatic N) is 1.